The Hall–Kier alpha value is -2.57. The summed E-state index contributed by atoms with van der Waals surface area (Å²) in [6, 6.07) is 2.81. The van der Waals surface area contributed by atoms with Gasteiger partial charge in [0.1, 0.15) is 5.82 Å². The maximum absolute atomic E-state index is 13.5. The van der Waals surface area contributed by atoms with Gasteiger partial charge in [-0.05, 0) is 6.07 Å². The van der Waals surface area contributed by atoms with Gasteiger partial charge < -0.3 is 0 Å². The average molecular weight is 237 g/mol. The van der Waals surface area contributed by atoms with Gasteiger partial charge in [-0.25, -0.2) is 14.5 Å². The summed E-state index contributed by atoms with van der Waals surface area (Å²) in [5.74, 6) is -2.26. The van der Waals surface area contributed by atoms with E-state index in [1.807, 2.05) is 0 Å². The van der Waals surface area contributed by atoms with Gasteiger partial charge in [-0.3, -0.25) is 9.59 Å². The van der Waals surface area contributed by atoms with Gasteiger partial charge in [-0.2, -0.15) is 0 Å². The summed E-state index contributed by atoms with van der Waals surface area (Å²) in [4.78, 5) is 33.4. The lowest BCUT2D eigenvalue weighted by Gasteiger charge is -2.13. The summed E-state index contributed by atoms with van der Waals surface area (Å²) in [6.07, 6.45) is 1.98. The molecule has 17 heavy (non-hydrogen) atoms. The molecule has 2 amide bonds. The largest absolute Gasteiger partial charge is 0.318 e. The smallest absolute Gasteiger partial charge is 0.269 e. The van der Waals surface area contributed by atoms with E-state index >= 15 is 0 Å². The van der Waals surface area contributed by atoms with E-state index in [4.69, 9.17) is 5.21 Å². The van der Waals surface area contributed by atoms with Crippen LogP contribution in [0, 0.1) is 10.7 Å². The van der Waals surface area contributed by atoms with E-state index in [9.17, 15) is 18.9 Å². The van der Waals surface area contributed by atoms with E-state index in [-0.39, 0.29) is 11.4 Å². The Labute approximate surface area is 94.1 Å². The molecule has 0 bridgehead atoms. The number of nitrogens with zero attached hydrogens (tertiary/aromatic N) is 2. The molecule has 0 saturated heterocycles. The fraction of sp³-hybridized carbons (Fsp3) is 0. The lowest BCUT2D eigenvalue weighted by molar-refractivity contribution is -0.729. The van der Waals surface area contributed by atoms with E-state index in [0.29, 0.717) is 4.90 Å². The monoisotopic (exact) mass is 237 g/mol. The van der Waals surface area contributed by atoms with E-state index in [2.05, 4.69) is 0 Å². The first-order valence-electron chi connectivity index (χ1n) is 4.52. The summed E-state index contributed by atoms with van der Waals surface area (Å²) >= 11 is 0. The predicted molar refractivity (Wildman–Crippen MR) is 53.1 cm³/mol. The molecular formula is C10H6FN2O4+. The first-order chi connectivity index (χ1) is 8.00. The van der Waals surface area contributed by atoms with E-state index in [1.54, 1.807) is 0 Å². The van der Waals surface area contributed by atoms with Crippen LogP contribution in [0.4, 0.5) is 15.8 Å². The molecule has 0 aromatic heterocycles. The molecule has 0 radical (unpaired) electrons. The van der Waals surface area contributed by atoms with Crippen LogP contribution < -0.4 is 4.90 Å². The maximum atomic E-state index is 13.5. The highest BCUT2D eigenvalue weighted by atomic mass is 19.1. The van der Waals surface area contributed by atoms with Crippen LogP contribution in [0.2, 0.25) is 0 Å². The predicted octanol–water partition coefficient (Wildman–Crippen LogP) is 1.05. The van der Waals surface area contributed by atoms with Crippen molar-refractivity contribution in [2.75, 3.05) is 4.90 Å². The summed E-state index contributed by atoms with van der Waals surface area (Å²) in [7, 11) is 0. The molecule has 1 aliphatic heterocycles. The third kappa shape index (κ3) is 1.78. The fourth-order valence-corrected chi connectivity index (χ4v) is 1.43. The van der Waals surface area contributed by atoms with Crippen molar-refractivity contribution in [3.05, 3.63) is 41.1 Å². The van der Waals surface area contributed by atoms with E-state index < -0.39 is 22.6 Å². The lowest BCUT2D eigenvalue weighted by atomic mass is 10.2. The molecule has 0 atom stereocenters. The topological polar surface area (TPSA) is 77.7 Å². The van der Waals surface area contributed by atoms with Crippen LogP contribution >= 0.6 is 0 Å². The number of benzene rings is 1. The zero-order chi connectivity index (χ0) is 12.6. The van der Waals surface area contributed by atoms with Crippen molar-refractivity contribution in [1.82, 2.24) is 0 Å². The van der Waals surface area contributed by atoms with Crippen LogP contribution in [0.1, 0.15) is 0 Å². The van der Waals surface area contributed by atoms with Crippen molar-refractivity contribution in [3.63, 3.8) is 0 Å². The SMILES string of the molecule is O=C1C=CC(=O)N1c1cc([N+](=O)O)ccc1F. The zero-order valence-electron chi connectivity index (χ0n) is 8.33. The molecule has 86 valence electrons. The Bertz CT molecular complexity index is 549. The molecule has 0 unspecified atom stereocenters. The number of carbonyl (C=O) groups is 2. The summed E-state index contributed by atoms with van der Waals surface area (Å²) in [5, 5.41) is 8.66. The van der Waals surface area contributed by atoms with Crippen molar-refractivity contribution in [2.24, 2.45) is 0 Å². The zero-order valence-corrected chi connectivity index (χ0v) is 8.33. The first-order valence-corrected chi connectivity index (χ1v) is 4.52. The average Bonchev–Trinajstić information content (AvgIpc) is 2.59. The van der Waals surface area contributed by atoms with Crippen LogP contribution in [0.3, 0.4) is 0 Å². The van der Waals surface area contributed by atoms with Gasteiger partial charge in [0.15, 0.2) is 0 Å². The van der Waals surface area contributed by atoms with Crippen molar-refractivity contribution in [2.45, 2.75) is 0 Å². The molecule has 2 rings (SSSR count). The second-order valence-electron chi connectivity index (χ2n) is 3.25. The Kier molecular flexibility index (Phi) is 2.43. The number of anilines is 1. The minimum absolute atomic E-state index is 0.283. The molecule has 6 nitrogen and oxygen atoms in total. The van der Waals surface area contributed by atoms with Crippen molar-refractivity contribution >= 4 is 23.2 Å². The van der Waals surface area contributed by atoms with Crippen LogP contribution in [0.25, 0.3) is 0 Å². The third-order valence-corrected chi connectivity index (χ3v) is 2.20. The molecule has 1 N–H and O–H groups in total. The van der Waals surface area contributed by atoms with Gasteiger partial charge in [-0.15, -0.1) is 0 Å². The second kappa shape index (κ2) is 3.78. The summed E-state index contributed by atoms with van der Waals surface area (Å²) in [5.41, 5.74) is -0.661. The van der Waals surface area contributed by atoms with Gasteiger partial charge in [0.05, 0.1) is 10.6 Å². The molecule has 0 saturated carbocycles. The molecule has 1 aliphatic rings. The number of rotatable bonds is 2. The standard InChI is InChI=1S/C10H6FN2O4/c11-7-2-1-6(13(16)17)5-8(7)12-9(14)3-4-10(12)15/h1-5H,(H,16,17)/q+1. The van der Waals surface area contributed by atoms with Crippen molar-refractivity contribution in [1.29, 1.82) is 0 Å². The maximum Gasteiger partial charge on any atom is 0.318 e. The van der Waals surface area contributed by atoms with Gasteiger partial charge in [0.25, 0.3) is 16.7 Å². The molecule has 0 fully saturated rings. The molecular weight excluding hydrogens is 231 g/mol. The Balaban J connectivity index is 2.51. The van der Waals surface area contributed by atoms with Gasteiger partial charge in [0, 0.05) is 24.3 Å². The first kappa shape index (κ1) is 10.9. The molecule has 1 aromatic carbocycles. The lowest BCUT2D eigenvalue weighted by Crippen LogP contribution is -2.30. The molecule has 1 heterocycles. The number of amides is 2. The minimum atomic E-state index is -0.846. The molecule has 0 spiro atoms. The van der Waals surface area contributed by atoms with Crippen LogP contribution in [-0.4, -0.2) is 21.9 Å². The van der Waals surface area contributed by atoms with Crippen LogP contribution in [-0.2, 0) is 9.59 Å². The number of halogens is 1. The van der Waals surface area contributed by atoms with Gasteiger partial charge in [-0.1, -0.05) is 0 Å². The fourth-order valence-electron chi connectivity index (χ4n) is 1.43. The highest BCUT2D eigenvalue weighted by Gasteiger charge is 2.29. The summed E-state index contributed by atoms with van der Waals surface area (Å²) < 4.78 is 13.5. The quantitative estimate of drug-likeness (QED) is 0.616. The van der Waals surface area contributed by atoms with Crippen molar-refractivity contribution < 1.29 is 24.1 Å². The van der Waals surface area contributed by atoms with E-state index in [1.165, 1.54) is 0 Å². The third-order valence-electron chi connectivity index (χ3n) is 2.20. The normalized spacial score (nSPS) is 14.5. The molecule has 0 aliphatic carbocycles. The van der Waals surface area contributed by atoms with Crippen LogP contribution in [0.15, 0.2) is 30.4 Å². The number of imide groups is 1. The number of hydrogen-bond acceptors (Lipinski definition) is 3. The van der Waals surface area contributed by atoms with Crippen LogP contribution in [0.5, 0.6) is 0 Å². The second-order valence-corrected chi connectivity index (χ2v) is 3.25. The highest BCUT2D eigenvalue weighted by Crippen LogP contribution is 2.26. The summed E-state index contributed by atoms with van der Waals surface area (Å²) in [6.45, 7) is 0. The van der Waals surface area contributed by atoms with Crippen molar-refractivity contribution in [3.8, 4) is 0 Å². The number of carbonyl (C=O) groups excluding carboxylic acids is 2. The van der Waals surface area contributed by atoms with Gasteiger partial charge in [0.2, 0.25) is 0 Å². The molecule has 7 heteroatoms. The number of hydrogen-bond donors (Lipinski definition) is 1. The molecule has 1 aromatic rings. The Morgan fingerprint density at radius 1 is 1.18 bits per heavy atom. The van der Waals surface area contributed by atoms with Gasteiger partial charge >= 0.3 is 5.69 Å². The van der Waals surface area contributed by atoms with E-state index in [0.717, 1.165) is 30.4 Å². The Morgan fingerprint density at radius 2 is 1.76 bits per heavy atom. The highest BCUT2D eigenvalue weighted by molar-refractivity contribution is 6.28. The minimum Gasteiger partial charge on any atom is -0.269 e. The Morgan fingerprint density at radius 3 is 2.29 bits per heavy atom.